The van der Waals surface area contributed by atoms with Gasteiger partial charge < -0.3 is 9.30 Å². The van der Waals surface area contributed by atoms with Crippen LogP contribution in [0.3, 0.4) is 0 Å². The lowest BCUT2D eigenvalue weighted by molar-refractivity contribution is 0.0526. The van der Waals surface area contributed by atoms with E-state index in [1.807, 2.05) is 101 Å². The molecule has 0 radical (unpaired) electrons. The Labute approximate surface area is 185 Å². The number of ether oxygens (including phenoxy) is 1. The zero-order valence-electron chi connectivity index (χ0n) is 17.7. The van der Waals surface area contributed by atoms with Crippen LogP contribution in [0.4, 0.5) is 0 Å². The van der Waals surface area contributed by atoms with Crippen LogP contribution in [0.5, 0.6) is 0 Å². The predicted molar refractivity (Wildman–Crippen MR) is 124 cm³/mol. The van der Waals surface area contributed by atoms with Gasteiger partial charge in [-0.3, -0.25) is 0 Å². The highest BCUT2D eigenvalue weighted by molar-refractivity contribution is 5.98. The predicted octanol–water partition coefficient (Wildman–Crippen LogP) is 5.11. The van der Waals surface area contributed by atoms with E-state index in [1.165, 1.54) is 0 Å². The maximum Gasteiger partial charge on any atom is 0.342 e. The standard InChI is InChI=1S/C26H22N4O2/c1-2-32-26(31)24-23(17-29-18-27-21-15-9-10-16-22(21)29)30(20-13-7-4-8-14-20)28-25(24)19-11-5-3-6-12-19/h3-16,18H,2,17H2,1H3. The minimum atomic E-state index is -0.382. The molecule has 6 heteroatoms. The zero-order chi connectivity index (χ0) is 21.9. The van der Waals surface area contributed by atoms with E-state index in [9.17, 15) is 4.79 Å². The van der Waals surface area contributed by atoms with Gasteiger partial charge in [-0.1, -0.05) is 60.7 Å². The van der Waals surface area contributed by atoms with Crippen LogP contribution < -0.4 is 0 Å². The van der Waals surface area contributed by atoms with Gasteiger partial charge in [-0.25, -0.2) is 14.5 Å². The number of carbonyl (C=O) groups is 1. The molecule has 0 aliphatic heterocycles. The van der Waals surface area contributed by atoms with Crippen molar-refractivity contribution >= 4 is 17.0 Å². The van der Waals surface area contributed by atoms with Gasteiger partial charge in [0.05, 0.1) is 41.9 Å². The van der Waals surface area contributed by atoms with Crippen molar-refractivity contribution in [2.24, 2.45) is 0 Å². The maximum absolute atomic E-state index is 13.2. The molecular formula is C26H22N4O2. The average molecular weight is 422 g/mol. The Morgan fingerprint density at radius 1 is 0.906 bits per heavy atom. The number of rotatable bonds is 6. The molecule has 5 aromatic rings. The minimum absolute atomic E-state index is 0.289. The van der Waals surface area contributed by atoms with Crippen LogP contribution in [0.25, 0.3) is 28.0 Å². The summed E-state index contributed by atoms with van der Waals surface area (Å²) >= 11 is 0. The topological polar surface area (TPSA) is 61.9 Å². The normalized spacial score (nSPS) is 11.0. The number of aromatic nitrogens is 4. The van der Waals surface area contributed by atoms with Crippen molar-refractivity contribution in [3.05, 3.63) is 103 Å². The molecule has 158 valence electrons. The van der Waals surface area contributed by atoms with Gasteiger partial charge in [0.15, 0.2) is 0 Å². The van der Waals surface area contributed by atoms with Crippen molar-refractivity contribution in [3.8, 4) is 16.9 Å². The monoisotopic (exact) mass is 422 g/mol. The van der Waals surface area contributed by atoms with Crippen LogP contribution in [-0.2, 0) is 11.3 Å². The number of esters is 1. The molecule has 0 bridgehead atoms. The SMILES string of the molecule is CCOC(=O)c1c(-c2ccccc2)nn(-c2ccccc2)c1Cn1cnc2ccccc21. The van der Waals surface area contributed by atoms with E-state index in [1.54, 1.807) is 6.33 Å². The van der Waals surface area contributed by atoms with Gasteiger partial charge in [-0.05, 0) is 31.2 Å². The van der Waals surface area contributed by atoms with Gasteiger partial charge in [-0.15, -0.1) is 0 Å². The lowest BCUT2D eigenvalue weighted by Crippen LogP contribution is -2.13. The van der Waals surface area contributed by atoms with Crippen molar-refractivity contribution in [2.45, 2.75) is 13.5 Å². The number of carbonyl (C=O) groups excluding carboxylic acids is 1. The Morgan fingerprint density at radius 3 is 2.34 bits per heavy atom. The fourth-order valence-electron chi connectivity index (χ4n) is 3.90. The summed E-state index contributed by atoms with van der Waals surface area (Å²) in [5.41, 5.74) is 5.45. The molecule has 0 N–H and O–H groups in total. The molecule has 0 saturated carbocycles. The van der Waals surface area contributed by atoms with E-state index >= 15 is 0 Å². The van der Waals surface area contributed by atoms with Gasteiger partial charge in [0.25, 0.3) is 0 Å². The number of para-hydroxylation sites is 3. The summed E-state index contributed by atoms with van der Waals surface area (Å²) < 4.78 is 9.34. The summed E-state index contributed by atoms with van der Waals surface area (Å²) in [6.07, 6.45) is 1.80. The quantitative estimate of drug-likeness (QED) is 0.357. The zero-order valence-corrected chi connectivity index (χ0v) is 17.7. The molecule has 0 amide bonds. The fourth-order valence-corrected chi connectivity index (χ4v) is 3.90. The van der Waals surface area contributed by atoms with E-state index in [0.717, 1.165) is 28.0 Å². The van der Waals surface area contributed by atoms with Gasteiger partial charge in [0.1, 0.15) is 11.3 Å². The molecule has 2 heterocycles. The molecule has 5 rings (SSSR count). The highest BCUT2D eigenvalue weighted by atomic mass is 16.5. The molecule has 2 aromatic heterocycles. The molecule has 0 atom stereocenters. The number of hydrogen-bond donors (Lipinski definition) is 0. The molecule has 3 aromatic carbocycles. The maximum atomic E-state index is 13.2. The van der Waals surface area contributed by atoms with Crippen LogP contribution in [0, 0.1) is 0 Å². The van der Waals surface area contributed by atoms with Crippen LogP contribution in [0.15, 0.2) is 91.3 Å². The van der Waals surface area contributed by atoms with E-state index in [4.69, 9.17) is 9.84 Å². The van der Waals surface area contributed by atoms with Gasteiger partial charge in [-0.2, -0.15) is 5.10 Å². The molecule has 0 fully saturated rings. The van der Waals surface area contributed by atoms with Gasteiger partial charge >= 0.3 is 5.97 Å². The van der Waals surface area contributed by atoms with E-state index < -0.39 is 0 Å². The van der Waals surface area contributed by atoms with Crippen molar-refractivity contribution in [2.75, 3.05) is 6.61 Å². The van der Waals surface area contributed by atoms with Crippen molar-refractivity contribution in [1.82, 2.24) is 19.3 Å². The van der Waals surface area contributed by atoms with Crippen molar-refractivity contribution in [1.29, 1.82) is 0 Å². The van der Waals surface area contributed by atoms with Crippen molar-refractivity contribution < 1.29 is 9.53 Å². The van der Waals surface area contributed by atoms with E-state index in [0.29, 0.717) is 17.8 Å². The fraction of sp³-hybridized carbons (Fsp3) is 0.115. The van der Waals surface area contributed by atoms with Crippen LogP contribution >= 0.6 is 0 Å². The first-order valence-corrected chi connectivity index (χ1v) is 10.6. The second-order valence-electron chi connectivity index (χ2n) is 7.37. The highest BCUT2D eigenvalue weighted by Gasteiger charge is 2.27. The second kappa shape index (κ2) is 8.51. The average Bonchev–Trinajstić information content (AvgIpc) is 3.43. The molecule has 32 heavy (non-hydrogen) atoms. The Balaban J connectivity index is 1.75. The third kappa shape index (κ3) is 3.56. The molecule has 6 nitrogen and oxygen atoms in total. The Hall–Kier alpha value is -4.19. The third-order valence-electron chi connectivity index (χ3n) is 5.36. The summed E-state index contributed by atoms with van der Waals surface area (Å²) in [5.74, 6) is -0.382. The molecular weight excluding hydrogens is 400 g/mol. The van der Waals surface area contributed by atoms with Crippen LogP contribution in [0.1, 0.15) is 23.0 Å². The molecule has 0 unspecified atom stereocenters. The highest BCUT2D eigenvalue weighted by Crippen LogP contribution is 2.30. The first-order valence-electron chi connectivity index (χ1n) is 10.6. The summed E-state index contributed by atoms with van der Waals surface area (Å²) in [4.78, 5) is 17.7. The summed E-state index contributed by atoms with van der Waals surface area (Å²) in [7, 11) is 0. The lowest BCUT2D eigenvalue weighted by Gasteiger charge is -2.11. The smallest absolute Gasteiger partial charge is 0.342 e. The van der Waals surface area contributed by atoms with E-state index in [-0.39, 0.29) is 12.6 Å². The van der Waals surface area contributed by atoms with E-state index in [2.05, 4.69) is 4.98 Å². The lowest BCUT2D eigenvalue weighted by atomic mass is 10.1. The van der Waals surface area contributed by atoms with Gasteiger partial charge in [0.2, 0.25) is 0 Å². The number of imidazole rings is 1. The Morgan fingerprint density at radius 2 is 1.59 bits per heavy atom. The molecule has 0 aliphatic rings. The first-order chi connectivity index (χ1) is 15.8. The van der Waals surface area contributed by atoms with Gasteiger partial charge in [0, 0.05) is 5.56 Å². The largest absolute Gasteiger partial charge is 0.462 e. The molecule has 0 saturated heterocycles. The summed E-state index contributed by atoms with van der Waals surface area (Å²) in [6, 6.07) is 27.5. The minimum Gasteiger partial charge on any atom is -0.462 e. The van der Waals surface area contributed by atoms with Crippen LogP contribution in [0.2, 0.25) is 0 Å². The molecule has 0 spiro atoms. The van der Waals surface area contributed by atoms with Crippen LogP contribution in [-0.4, -0.2) is 31.9 Å². The van der Waals surface area contributed by atoms with Crippen molar-refractivity contribution in [3.63, 3.8) is 0 Å². The number of fused-ring (bicyclic) bond motifs is 1. The molecule has 0 aliphatic carbocycles. The summed E-state index contributed by atoms with van der Waals surface area (Å²) in [5, 5.41) is 4.90. The number of hydrogen-bond acceptors (Lipinski definition) is 4. The Kier molecular flexibility index (Phi) is 5.25. The number of nitrogens with zero attached hydrogens (tertiary/aromatic N) is 4. The first kappa shape index (κ1) is 19.8. The Bertz CT molecular complexity index is 1370. The summed E-state index contributed by atoms with van der Waals surface area (Å²) in [6.45, 7) is 2.52. The third-order valence-corrected chi connectivity index (χ3v) is 5.36. The number of benzene rings is 3. The second-order valence-corrected chi connectivity index (χ2v) is 7.37.